The maximum absolute atomic E-state index is 11.9. The number of carbonyl (C=O) groups is 1. The Hall–Kier alpha value is -1.66. The van der Waals surface area contributed by atoms with E-state index in [1.54, 1.807) is 25.2 Å². The van der Waals surface area contributed by atoms with Crippen LogP contribution in [0.4, 0.5) is 0 Å². The van der Waals surface area contributed by atoms with Crippen LogP contribution in [0, 0.1) is 0 Å². The van der Waals surface area contributed by atoms with Crippen LogP contribution >= 0.6 is 23.2 Å². The van der Waals surface area contributed by atoms with Crippen LogP contribution in [-0.2, 0) is 6.54 Å². The van der Waals surface area contributed by atoms with E-state index in [4.69, 9.17) is 23.2 Å². The number of halogens is 2. The third-order valence-electron chi connectivity index (χ3n) is 2.32. The molecule has 0 fully saturated rings. The van der Waals surface area contributed by atoms with Crippen molar-refractivity contribution in [1.29, 1.82) is 0 Å². The van der Waals surface area contributed by atoms with Gasteiger partial charge in [-0.2, -0.15) is 5.21 Å². The van der Waals surface area contributed by atoms with Gasteiger partial charge in [0.15, 0.2) is 0 Å². The Morgan fingerprint density at radius 1 is 1.44 bits per heavy atom. The first-order valence-electron chi connectivity index (χ1n) is 5.01. The Balaban J connectivity index is 2.14. The summed E-state index contributed by atoms with van der Waals surface area (Å²) in [6.45, 7) is 0.312. The highest BCUT2D eigenvalue weighted by molar-refractivity contribution is 6.42. The molecule has 18 heavy (non-hydrogen) atoms. The van der Waals surface area contributed by atoms with E-state index in [1.165, 1.54) is 4.90 Å². The van der Waals surface area contributed by atoms with Crippen molar-refractivity contribution in [1.82, 2.24) is 25.5 Å². The van der Waals surface area contributed by atoms with Crippen molar-refractivity contribution < 1.29 is 4.79 Å². The molecule has 0 aliphatic carbocycles. The van der Waals surface area contributed by atoms with Crippen LogP contribution in [-0.4, -0.2) is 38.5 Å². The molecule has 8 heteroatoms. The third-order valence-corrected chi connectivity index (χ3v) is 3.18. The molecule has 6 nitrogen and oxygen atoms in total. The molecule has 2 aromatic rings. The first-order chi connectivity index (χ1) is 8.59. The van der Waals surface area contributed by atoms with Crippen LogP contribution in [0.5, 0.6) is 0 Å². The summed E-state index contributed by atoms with van der Waals surface area (Å²) in [5, 5.41) is 13.7. The van der Waals surface area contributed by atoms with Gasteiger partial charge >= 0.3 is 0 Å². The molecule has 94 valence electrons. The molecule has 0 spiro atoms. The van der Waals surface area contributed by atoms with Crippen LogP contribution < -0.4 is 0 Å². The second-order valence-corrected chi connectivity index (χ2v) is 4.39. The number of hydrogen-bond acceptors (Lipinski definition) is 4. The van der Waals surface area contributed by atoms with Gasteiger partial charge in [0, 0.05) is 13.6 Å². The molecule has 0 aliphatic rings. The lowest BCUT2D eigenvalue weighted by Crippen LogP contribution is -2.27. The number of amides is 1. The van der Waals surface area contributed by atoms with Gasteiger partial charge in [0.2, 0.25) is 0 Å². The zero-order valence-corrected chi connectivity index (χ0v) is 10.9. The number of hydrogen-bond donors (Lipinski definition) is 1. The SMILES string of the molecule is CN(Cc1cccc(Cl)c1Cl)C(=O)c1nn[nH]n1. The lowest BCUT2D eigenvalue weighted by molar-refractivity contribution is 0.0773. The van der Waals surface area contributed by atoms with Gasteiger partial charge in [0.1, 0.15) is 0 Å². The number of benzene rings is 1. The topological polar surface area (TPSA) is 74.8 Å². The molecule has 1 heterocycles. The highest BCUT2D eigenvalue weighted by atomic mass is 35.5. The first-order valence-corrected chi connectivity index (χ1v) is 5.77. The van der Waals surface area contributed by atoms with Crippen molar-refractivity contribution in [3.05, 3.63) is 39.6 Å². The molecular weight excluding hydrogens is 277 g/mol. The molecule has 0 saturated carbocycles. The number of aromatic amines is 1. The fourth-order valence-electron chi connectivity index (χ4n) is 1.42. The summed E-state index contributed by atoms with van der Waals surface area (Å²) in [6, 6.07) is 5.26. The number of nitrogens with one attached hydrogen (secondary N) is 1. The highest BCUT2D eigenvalue weighted by Crippen LogP contribution is 2.26. The Kier molecular flexibility index (Phi) is 3.78. The van der Waals surface area contributed by atoms with Crippen LogP contribution in [0.15, 0.2) is 18.2 Å². The van der Waals surface area contributed by atoms with Gasteiger partial charge in [0.05, 0.1) is 10.0 Å². The molecule has 1 amide bonds. The number of nitrogens with zero attached hydrogens (tertiary/aromatic N) is 4. The summed E-state index contributed by atoms with van der Waals surface area (Å²) >= 11 is 11.9. The molecule has 0 radical (unpaired) electrons. The number of H-pyrrole nitrogens is 1. The lowest BCUT2D eigenvalue weighted by atomic mass is 10.2. The molecular formula is C10H9Cl2N5O. The van der Waals surface area contributed by atoms with Crippen molar-refractivity contribution in [2.45, 2.75) is 6.54 Å². The molecule has 0 saturated heterocycles. The molecule has 1 aromatic carbocycles. The van der Waals surface area contributed by atoms with Gasteiger partial charge in [-0.25, -0.2) is 0 Å². The monoisotopic (exact) mass is 285 g/mol. The van der Waals surface area contributed by atoms with Crippen LogP contribution in [0.2, 0.25) is 10.0 Å². The minimum atomic E-state index is -0.347. The van der Waals surface area contributed by atoms with Gasteiger partial charge in [-0.1, -0.05) is 35.3 Å². The average molecular weight is 286 g/mol. The van der Waals surface area contributed by atoms with E-state index in [1.807, 2.05) is 0 Å². The summed E-state index contributed by atoms with van der Waals surface area (Å²) < 4.78 is 0. The predicted molar refractivity (Wildman–Crippen MR) is 66.4 cm³/mol. The molecule has 0 bridgehead atoms. The van der Waals surface area contributed by atoms with Gasteiger partial charge in [-0.15, -0.1) is 10.2 Å². The minimum absolute atomic E-state index is 0.00986. The fourth-order valence-corrected chi connectivity index (χ4v) is 1.80. The van der Waals surface area contributed by atoms with Gasteiger partial charge in [-0.3, -0.25) is 4.79 Å². The second-order valence-electron chi connectivity index (χ2n) is 3.61. The lowest BCUT2D eigenvalue weighted by Gasteiger charge is -2.16. The van der Waals surface area contributed by atoms with Gasteiger partial charge in [-0.05, 0) is 16.8 Å². The maximum atomic E-state index is 11.9. The van der Waals surface area contributed by atoms with Crippen molar-refractivity contribution in [3.63, 3.8) is 0 Å². The van der Waals surface area contributed by atoms with E-state index in [2.05, 4.69) is 20.6 Å². The zero-order chi connectivity index (χ0) is 13.1. The first kappa shape index (κ1) is 12.8. The summed E-state index contributed by atoms with van der Waals surface area (Å²) in [5.41, 5.74) is 0.753. The van der Waals surface area contributed by atoms with E-state index in [9.17, 15) is 4.79 Å². The normalized spacial score (nSPS) is 10.4. The number of carbonyl (C=O) groups excluding carboxylic acids is 1. The quantitative estimate of drug-likeness (QED) is 0.933. The largest absolute Gasteiger partial charge is 0.334 e. The summed E-state index contributed by atoms with van der Waals surface area (Å²) in [6.07, 6.45) is 0. The van der Waals surface area contributed by atoms with Crippen molar-refractivity contribution in [3.8, 4) is 0 Å². The third kappa shape index (κ3) is 2.60. The highest BCUT2D eigenvalue weighted by Gasteiger charge is 2.17. The van der Waals surface area contributed by atoms with E-state index in [-0.39, 0.29) is 11.7 Å². The average Bonchev–Trinajstić information content (AvgIpc) is 2.87. The molecule has 0 unspecified atom stereocenters. The molecule has 0 aliphatic heterocycles. The van der Waals surface area contributed by atoms with E-state index < -0.39 is 0 Å². The van der Waals surface area contributed by atoms with Gasteiger partial charge < -0.3 is 4.90 Å². The van der Waals surface area contributed by atoms with Crippen LogP contribution in [0.1, 0.15) is 16.2 Å². The standard InChI is InChI=1S/C10H9Cl2N5O/c1-17(10(18)9-13-15-16-14-9)5-6-3-2-4-7(11)8(6)12/h2-4H,5H2,1H3,(H,13,14,15,16). The minimum Gasteiger partial charge on any atom is -0.334 e. The summed E-state index contributed by atoms with van der Waals surface area (Å²) in [4.78, 5) is 13.3. The summed E-state index contributed by atoms with van der Waals surface area (Å²) in [7, 11) is 1.62. The summed E-state index contributed by atoms with van der Waals surface area (Å²) in [5.74, 6) is -0.338. The van der Waals surface area contributed by atoms with Crippen LogP contribution in [0.3, 0.4) is 0 Å². The maximum Gasteiger partial charge on any atom is 0.295 e. The second kappa shape index (κ2) is 5.32. The zero-order valence-electron chi connectivity index (χ0n) is 9.39. The fraction of sp³-hybridized carbons (Fsp3) is 0.200. The Morgan fingerprint density at radius 2 is 2.22 bits per heavy atom. The predicted octanol–water partition coefficient (Wildman–Crippen LogP) is 1.78. The molecule has 0 atom stereocenters. The van der Waals surface area contributed by atoms with Crippen LogP contribution in [0.25, 0.3) is 0 Å². The number of tetrazole rings is 1. The smallest absolute Gasteiger partial charge is 0.295 e. The van der Waals surface area contributed by atoms with Crippen molar-refractivity contribution in [2.24, 2.45) is 0 Å². The van der Waals surface area contributed by atoms with Crippen molar-refractivity contribution in [2.75, 3.05) is 7.05 Å². The van der Waals surface area contributed by atoms with Crippen molar-refractivity contribution >= 4 is 29.1 Å². The molecule has 1 N–H and O–H groups in total. The van der Waals surface area contributed by atoms with E-state index in [0.717, 1.165) is 5.56 Å². The molecule has 1 aromatic heterocycles. The van der Waals surface area contributed by atoms with E-state index >= 15 is 0 Å². The molecule has 2 rings (SSSR count). The number of rotatable bonds is 3. The number of aromatic nitrogens is 4. The van der Waals surface area contributed by atoms with Gasteiger partial charge in [0.25, 0.3) is 11.7 Å². The Labute approximate surface area is 113 Å². The Bertz CT molecular complexity index is 557. The Morgan fingerprint density at radius 3 is 2.89 bits per heavy atom. The van der Waals surface area contributed by atoms with E-state index in [0.29, 0.717) is 16.6 Å².